The molecule has 0 heterocycles. The monoisotopic (exact) mass is 185 g/mol. The molecule has 66 valence electrons. The van der Waals surface area contributed by atoms with Gasteiger partial charge in [-0.2, -0.15) is 0 Å². The van der Waals surface area contributed by atoms with Crippen molar-refractivity contribution in [3.63, 3.8) is 0 Å². The molecule has 0 saturated carbocycles. The predicted molar refractivity (Wildman–Crippen MR) is 50.3 cm³/mol. The average molecular weight is 186 g/mol. The van der Waals surface area contributed by atoms with Crippen LogP contribution in [-0.2, 0) is 0 Å². The summed E-state index contributed by atoms with van der Waals surface area (Å²) < 4.78 is 0. The van der Waals surface area contributed by atoms with Gasteiger partial charge in [0.25, 0.3) is 0 Å². The van der Waals surface area contributed by atoms with Crippen LogP contribution >= 0.6 is 11.6 Å². The topological polar surface area (TPSA) is 32.3 Å². The summed E-state index contributed by atoms with van der Waals surface area (Å²) in [4.78, 5) is 0. The fourth-order valence-electron chi connectivity index (χ4n) is 0.996. The van der Waals surface area contributed by atoms with Crippen LogP contribution in [0.25, 0.3) is 0 Å². The van der Waals surface area contributed by atoms with Crippen molar-refractivity contribution in [3.8, 4) is 0 Å². The van der Waals surface area contributed by atoms with E-state index in [-0.39, 0.29) is 0 Å². The molecule has 0 fully saturated rings. The lowest BCUT2D eigenvalue weighted by molar-refractivity contribution is 0.178. The van der Waals surface area contributed by atoms with Crippen LogP contribution in [0.5, 0.6) is 0 Å². The molecule has 2 N–H and O–H groups in total. The molecule has 0 bridgehead atoms. The molecule has 3 heteroatoms. The second kappa shape index (κ2) is 4.45. The Morgan fingerprint density at radius 2 is 2.00 bits per heavy atom. The molecule has 0 radical (unpaired) electrons. The van der Waals surface area contributed by atoms with Crippen LogP contribution < -0.4 is 5.32 Å². The van der Waals surface area contributed by atoms with Crippen LogP contribution in [0.2, 0.25) is 5.02 Å². The summed E-state index contributed by atoms with van der Waals surface area (Å²) in [6.45, 7) is 0.557. The smallest absolute Gasteiger partial charge is 0.0914 e. The maximum Gasteiger partial charge on any atom is 0.0914 e. The van der Waals surface area contributed by atoms with Gasteiger partial charge < -0.3 is 10.4 Å². The summed E-state index contributed by atoms with van der Waals surface area (Å²) in [7, 11) is 1.80. The second-order valence-electron chi connectivity index (χ2n) is 2.63. The van der Waals surface area contributed by atoms with E-state index < -0.39 is 6.10 Å². The summed E-state index contributed by atoms with van der Waals surface area (Å²) >= 11 is 5.70. The molecule has 1 aromatic carbocycles. The molecule has 2 nitrogen and oxygen atoms in total. The zero-order chi connectivity index (χ0) is 8.97. The van der Waals surface area contributed by atoms with E-state index in [4.69, 9.17) is 11.6 Å². The van der Waals surface area contributed by atoms with E-state index in [1.165, 1.54) is 0 Å². The van der Waals surface area contributed by atoms with Crippen molar-refractivity contribution in [1.82, 2.24) is 5.32 Å². The summed E-state index contributed by atoms with van der Waals surface area (Å²) in [5, 5.41) is 13.1. The van der Waals surface area contributed by atoms with Crippen LogP contribution in [0.15, 0.2) is 24.3 Å². The van der Waals surface area contributed by atoms with Gasteiger partial charge in [0.1, 0.15) is 0 Å². The van der Waals surface area contributed by atoms with E-state index in [2.05, 4.69) is 5.32 Å². The highest BCUT2D eigenvalue weighted by Gasteiger charge is 2.04. The van der Waals surface area contributed by atoms with Crippen molar-refractivity contribution in [1.29, 1.82) is 0 Å². The SMILES string of the molecule is CNC[C@H](O)c1ccc(Cl)cc1. The molecule has 12 heavy (non-hydrogen) atoms. The lowest BCUT2D eigenvalue weighted by Gasteiger charge is -2.09. The Hall–Kier alpha value is -0.570. The first kappa shape index (κ1) is 9.52. The Morgan fingerprint density at radius 3 is 2.50 bits per heavy atom. The van der Waals surface area contributed by atoms with Crippen molar-refractivity contribution < 1.29 is 5.11 Å². The normalized spacial score (nSPS) is 12.9. The van der Waals surface area contributed by atoms with E-state index in [1.54, 1.807) is 19.2 Å². The largest absolute Gasteiger partial charge is 0.387 e. The minimum atomic E-state index is -0.452. The third-order valence-electron chi connectivity index (χ3n) is 1.65. The first-order chi connectivity index (χ1) is 5.74. The van der Waals surface area contributed by atoms with Gasteiger partial charge in [-0.15, -0.1) is 0 Å². The molecule has 1 aromatic rings. The van der Waals surface area contributed by atoms with Crippen LogP contribution in [0.1, 0.15) is 11.7 Å². The van der Waals surface area contributed by atoms with Crippen LogP contribution in [0, 0.1) is 0 Å². The Bertz CT molecular complexity index is 235. The number of hydrogen-bond donors (Lipinski definition) is 2. The number of aliphatic hydroxyl groups excluding tert-OH is 1. The molecular formula is C9H12ClNO. The third kappa shape index (κ3) is 2.48. The van der Waals surface area contributed by atoms with Gasteiger partial charge in [0.05, 0.1) is 6.10 Å². The second-order valence-corrected chi connectivity index (χ2v) is 3.06. The van der Waals surface area contributed by atoms with E-state index in [9.17, 15) is 5.11 Å². The molecule has 0 saturated heterocycles. The number of aliphatic hydroxyl groups is 1. The number of likely N-dealkylation sites (N-methyl/N-ethyl adjacent to an activating group) is 1. The molecule has 0 spiro atoms. The van der Waals surface area contributed by atoms with Crippen molar-refractivity contribution in [3.05, 3.63) is 34.9 Å². The highest BCUT2D eigenvalue weighted by atomic mass is 35.5. The fraction of sp³-hybridized carbons (Fsp3) is 0.333. The molecule has 0 unspecified atom stereocenters. The first-order valence-electron chi connectivity index (χ1n) is 3.82. The van der Waals surface area contributed by atoms with Gasteiger partial charge in [0.2, 0.25) is 0 Å². The number of benzene rings is 1. The molecular weight excluding hydrogens is 174 g/mol. The summed E-state index contributed by atoms with van der Waals surface area (Å²) in [6.07, 6.45) is -0.452. The molecule has 0 aliphatic rings. The lowest BCUT2D eigenvalue weighted by atomic mass is 10.1. The van der Waals surface area contributed by atoms with Gasteiger partial charge in [0.15, 0.2) is 0 Å². The summed E-state index contributed by atoms with van der Waals surface area (Å²) in [5.41, 5.74) is 0.883. The average Bonchev–Trinajstić information content (AvgIpc) is 2.06. The van der Waals surface area contributed by atoms with Crippen molar-refractivity contribution in [2.45, 2.75) is 6.10 Å². The minimum Gasteiger partial charge on any atom is -0.387 e. The van der Waals surface area contributed by atoms with Gasteiger partial charge >= 0.3 is 0 Å². The van der Waals surface area contributed by atoms with Gasteiger partial charge in [-0.3, -0.25) is 0 Å². The summed E-state index contributed by atoms with van der Waals surface area (Å²) in [5.74, 6) is 0. The maximum absolute atomic E-state index is 9.51. The molecule has 1 atom stereocenters. The highest BCUT2D eigenvalue weighted by Crippen LogP contribution is 2.15. The quantitative estimate of drug-likeness (QED) is 0.750. The molecule has 0 aromatic heterocycles. The van der Waals surface area contributed by atoms with E-state index >= 15 is 0 Å². The first-order valence-corrected chi connectivity index (χ1v) is 4.20. The van der Waals surface area contributed by atoms with Gasteiger partial charge in [-0.25, -0.2) is 0 Å². The Balaban J connectivity index is 2.68. The predicted octanol–water partition coefficient (Wildman–Crippen LogP) is 1.59. The molecule has 0 aliphatic carbocycles. The Labute approximate surface area is 77.2 Å². The number of nitrogens with one attached hydrogen (secondary N) is 1. The van der Waals surface area contributed by atoms with Gasteiger partial charge in [0, 0.05) is 11.6 Å². The third-order valence-corrected chi connectivity index (χ3v) is 1.90. The lowest BCUT2D eigenvalue weighted by Crippen LogP contribution is -2.16. The zero-order valence-electron chi connectivity index (χ0n) is 6.92. The van der Waals surface area contributed by atoms with Crippen molar-refractivity contribution in [2.75, 3.05) is 13.6 Å². The molecule has 0 amide bonds. The van der Waals surface area contributed by atoms with Crippen LogP contribution in [0.3, 0.4) is 0 Å². The minimum absolute atomic E-state index is 0.452. The van der Waals surface area contributed by atoms with Crippen LogP contribution in [-0.4, -0.2) is 18.7 Å². The van der Waals surface area contributed by atoms with Crippen molar-refractivity contribution in [2.24, 2.45) is 0 Å². The molecule has 1 rings (SSSR count). The standard InChI is InChI=1S/C9H12ClNO/c1-11-6-9(12)7-2-4-8(10)5-3-7/h2-5,9,11-12H,6H2,1H3/t9-/m0/s1. The van der Waals surface area contributed by atoms with Crippen molar-refractivity contribution >= 4 is 11.6 Å². The maximum atomic E-state index is 9.51. The Morgan fingerprint density at radius 1 is 1.42 bits per heavy atom. The number of rotatable bonds is 3. The summed E-state index contributed by atoms with van der Waals surface area (Å²) in [6, 6.07) is 7.19. The van der Waals surface area contributed by atoms with Crippen LogP contribution in [0.4, 0.5) is 0 Å². The number of halogens is 1. The van der Waals surface area contributed by atoms with E-state index in [0.717, 1.165) is 5.56 Å². The zero-order valence-corrected chi connectivity index (χ0v) is 7.67. The highest BCUT2D eigenvalue weighted by molar-refractivity contribution is 6.30. The Kier molecular flexibility index (Phi) is 3.53. The van der Waals surface area contributed by atoms with Gasteiger partial charge in [-0.1, -0.05) is 23.7 Å². The number of hydrogen-bond acceptors (Lipinski definition) is 2. The van der Waals surface area contributed by atoms with Gasteiger partial charge in [-0.05, 0) is 24.7 Å². The van der Waals surface area contributed by atoms with E-state index in [0.29, 0.717) is 11.6 Å². The molecule has 0 aliphatic heterocycles. The fourth-order valence-corrected chi connectivity index (χ4v) is 1.12. The van der Waals surface area contributed by atoms with E-state index in [1.807, 2.05) is 12.1 Å².